The van der Waals surface area contributed by atoms with Gasteiger partial charge in [0.05, 0.1) is 0 Å². The summed E-state index contributed by atoms with van der Waals surface area (Å²) in [7, 11) is 0. The first-order chi connectivity index (χ1) is 8.10. The van der Waals surface area contributed by atoms with E-state index in [1.807, 2.05) is 0 Å². The molecule has 3 atom stereocenters. The highest BCUT2D eigenvalue weighted by Gasteiger charge is 2.06. The minimum absolute atomic E-state index is 0.700. The third-order valence-corrected chi connectivity index (χ3v) is 4.11. The van der Waals surface area contributed by atoms with Gasteiger partial charge in [0.25, 0.3) is 0 Å². The lowest BCUT2D eigenvalue weighted by atomic mass is 9.91. The average Bonchev–Trinajstić information content (AvgIpc) is 2.32. The Hall–Kier alpha value is 0. The molecule has 0 spiro atoms. The topological polar surface area (TPSA) is 0 Å². The van der Waals surface area contributed by atoms with Crippen molar-refractivity contribution in [3.63, 3.8) is 0 Å². The Bertz CT molecular complexity index is 150. The monoisotopic (exact) mass is 239 g/mol. The van der Waals surface area contributed by atoms with Crippen molar-refractivity contribution in [2.45, 2.75) is 85.5 Å². The van der Waals surface area contributed by atoms with Gasteiger partial charge in [-0.25, -0.2) is 0 Å². The van der Waals surface area contributed by atoms with Crippen LogP contribution < -0.4 is 0 Å². The molecule has 0 saturated carbocycles. The maximum absolute atomic E-state index is 4.31. The minimum atomic E-state index is 0.700. The molecule has 0 heteroatoms. The molecule has 0 aromatic heterocycles. The first-order valence-corrected chi connectivity index (χ1v) is 7.93. The summed E-state index contributed by atoms with van der Waals surface area (Å²) >= 11 is 0. The van der Waals surface area contributed by atoms with Crippen LogP contribution in [0.5, 0.6) is 0 Å². The third-order valence-electron chi connectivity index (χ3n) is 4.11. The molecule has 0 aliphatic heterocycles. The van der Waals surface area contributed by atoms with Crippen LogP contribution in [-0.4, -0.2) is 0 Å². The van der Waals surface area contributed by atoms with Crippen molar-refractivity contribution < 1.29 is 0 Å². The summed E-state index contributed by atoms with van der Waals surface area (Å²) < 4.78 is 0. The number of unbranched alkanes of at least 4 members (excludes halogenated alkanes) is 1. The van der Waals surface area contributed by atoms with E-state index in [1.54, 1.807) is 0 Å². The second kappa shape index (κ2) is 11.1. The van der Waals surface area contributed by atoms with E-state index in [4.69, 9.17) is 0 Å². The van der Waals surface area contributed by atoms with Crippen LogP contribution in [0.25, 0.3) is 0 Å². The quantitative estimate of drug-likeness (QED) is 0.373. The molecule has 17 heavy (non-hydrogen) atoms. The molecule has 0 aliphatic carbocycles. The van der Waals surface area contributed by atoms with Gasteiger partial charge in [-0.1, -0.05) is 92.4 Å². The van der Waals surface area contributed by atoms with Crippen LogP contribution in [-0.2, 0) is 0 Å². The fraction of sp³-hybridized carbons (Fsp3) is 0.941. The first kappa shape index (κ1) is 17.0. The van der Waals surface area contributed by atoms with Gasteiger partial charge in [0, 0.05) is 0 Å². The van der Waals surface area contributed by atoms with Crippen molar-refractivity contribution in [2.75, 3.05) is 0 Å². The van der Waals surface area contributed by atoms with E-state index in [1.165, 1.54) is 57.8 Å². The summed E-state index contributed by atoms with van der Waals surface area (Å²) in [4.78, 5) is 0. The first-order valence-electron chi connectivity index (χ1n) is 7.93. The van der Waals surface area contributed by atoms with Gasteiger partial charge in [-0.3, -0.25) is 0 Å². The molecule has 1 radical (unpaired) electrons. The molecule has 0 N–H and O–H groups in total. The average molecular weight is 239 g/mol. The summed E-state index contributed by atoms with van der Waals surface area (Å²) in [5, 5.41) is 0. The zero-order chi connectivity index (χ0) is 13.1. The molecule has 103 valence electrons. The summed E-state index contributed by atoms with van der Waals surface area (Å²) in [5.74, 6) is 2.53. The summed E-state index contributed by atoms with van der Waals surface area (Å²) in [5.41, 5.74) is 0. The number of rotatable bonds is 11. The third kappa shape index (κ3) is 10.9. The Morgan fingerprint density at radius 1 is 0.765 bits per heavy atom. The van der Waals surface area contributed by atoms with Gasteiger partial charge >= 0.3 is 0 Å². The SMILES string of the molecule is [CH2]C(CCCCC(C)CC)CCC(C)CCC. The molecule has 0 heterocycles. The molecular formula is C17H35. The van der Waals surface area contributed by atoms with E-state index in [0.717, 1.165) is 11.8 Å². The van der Waals surface area contributed by atoms with Crippen LogP contribution in [0, 0.1) is 24.7 Å². The lowest BCUT2D eigenvalue weighted by Crippen LogP contribution is -2.01. The van der Waals surface area contributed by atoms with E-state index in [9.17, 15) is 0 Å². The second-order valence-corrected chi connectivity index (χ2v) is 6.14. The molecule has 0 aromatic carbocycles. The van der Waals surface area contributed by atoms with Crippen LogP contribution in [0.2, 0.25) is 0 Å². The molecule has 3 unspecified atom stereocenters. The van der Waals surface area contributed by atoms with Crippen LogP contribution in [0.1, 0.15) is 85.5 Å². The van der Waals surface area contributed by atoms with Gasteiger partial charge in [-0.2, -0.15) is 0 Å². The standard InChI is InChI=1S/C17H35/c1-6-10-16(4)13-14-17(5)12-9-8-11-15(3)7-2/h15-17H,5-14H2,1-4H3. The summed E-state index contributed by atoms with van der Waals surface area (Å²) in [6.45, 7) is 13.6. The molecular weight excluding hydrogens is 204 g/mol. The number of hydrogen-bond donors (Lipinski definition) is 0. The van der Waals surface area contributed by atoms with E-state index < -0.39 is 0 Å². The molecule has 0 amide bonds. The molecule has 0 nitrogen and oxygen atoms in total. The van der Waals surface area contributed by atoms with Crippen molar-refractivity contribution in [3.8, 4) is 0 Å². The van der Waals surface area contributed by atoms with Crippen LogP contribution in [0.4, 0.5) is 0 Å². The van der Waals surface area contributed by atoms with E-state index in [-0.39, 0.29) is 0 Å². The predicted octanol–water partition coefficient (Wildman–Crippen LogP) is 6.26. The molecule has 0 aliphatic rings. The van der Waals surface area contributed by atoms with Crippen molar-refractivity contribution in [1.29, 1.82) is 0 Å². The fourth-order valence-electron chi connectivity index (χ4n) is 2.43. The van der Waals surface area contributed by atoms with Crippen molar-refractivity contribution in [3.05, 3.63) is 6.92 Å². The Balaban J connectivity index is 3.37. The lowest BCUT2D eigenvalue weighted by molar-refractivity contribution is 0.398. The molecule has 0 fully saturated rings. The van der Waals surface area contributed by atoms with Crippen molar-refractivity contribution in [1.82, 2.24) is 0 Å². The van der Waals surface area contributed by atoms with Gasteiger partial charge in [-0.05, 0) is 17.8 Å². The zero-order valence-corrected chi connectivity index (χ0v) is 12.8. The van der Waals surface area contributed by atoms with Crippen molar-refractivity contribution >= 4 is 0 Å². The van der Waals surface area contributed by atoms with Gasteiger partial charge in [0.15, 0.2) is 0 Å². The maximum Gasteiger partial charge on any atom is -0.0414 e. The second-order valence-electron chi connectivity index (χ2n) is 6.14. The van der Waals surface area contributed by atoms with Gasteiger partial charge in [0.2, 0.25) is 0 Å². The van der Waals surface area contributed by atoms with E-state index in [0.29, 0.717) is 5.92 Å². The maximum atomic E-state index is 4.31. The molecule has 0 aromatic rings. The normalized spacial score (nSPS) is 16.8. The predicted molar refractivity (Wildman–Crippen MR) is 80.1 cm³/mol. The molecule has 0 bridgehead atoms. The largest absolute Gasteiger partial charge is 0.0654 e. The van der Waals surface area contributed by atoms with Crippen LogP contribution in [0.3, 0.4) is 0 Å². The Kier molecular flexibility index (Phi) is 11.1. The number of hydrogen-bond acceptors (Lipinski definition) is 0. The molecule has 0 rings (SSSR count). The van der Waals surface area contributed by atoms with E-state index in [2.05, 4.69) is 34.6 Å². The van der Waals surface area contributed by atoms with Gasteiger partial charge < -0.3 is 0 Å². The Morgan fingerprint density at radius 3 is 2.00 bits per heavy atom. The highest BCUT2D eigenvalue weighted by atomic mass is 14.1. The van der Waals surface area contributed by atoms with Gasteiger partial charge in [0.1, 0.15) is 0 Å². The summed E-state index contributed by atoms with van der Waals surface area (Å²) in [6, 6.07) is 0. The highest BCUT2D eigenvalue weighted by molar-refractivity contribution is 4.64. The van der Waals surface area contributed by atoms with E-state index >= 15 is 0 Å². The highest BCUT2D eigenvalue weighted by Crippen LogP contribution is 2.21. The lowest BCUT2D eigenvalue weighted by Gasteiger charge is -2.15. The van der Waals surface area contributed by atoms with Crippen LogP contribution >= 0.6 is 0 Å². The summed E-state index contributed by atoms with van der Waals surface area (Å²) in [6.07, 6.45) is 12.3. The smallest absolute Gasteiger partial charge is 0.0414 e. The van der Waals surface area contributed by atoms with Crippen LogP contribution in [0.15, 0.2) is 0 Å². The Labute approximate surface area is 111 Å². The molecule has 0 saturated heterocycles. The fourth-order valence-corrected chi connectivity index (χ4v) is 2.43. The van der Waals surface area contributed by atoms with Gasteiger partial charge in [-0.15, -0.1) is 0 Å². The Morgan fingerprint density at radius 2 is 1.41 bits per heavy atom. The zero-order valence-electron chi connectivity index (χ0n) is 12.8. The van der Waals surface area contributed by atoms with Crippen molar-refractivity contribution in [2.24, 2.45) is 17.8 Å². The minimum Gasteiger partial charge on any atom is -0.0654 e.